The first-order valence-electron chi connectivity index (χ1n) is 8.60. The molecule has 1 aromatic rings. The normalized spacial score (nSPS) is 18.2. The fourth-order valence-electron chi connectivity index (χ4n) is 2.90. The van der Waals surface area contributed by atoms with E-state index >= 15 is 0 Å². The maximum Gasteiger partial charge on any atom is 0.319 e. The summed E-state index contributed by atoms with van der Waals surface area (Å²) in [7, 11) is 0. The van der Waals surface area contributed by atoms with E-state index in [1.807, 2.05) is 38.1 Å². The van der Waals surface area contributed by atoms with Crippen LogP contribution in [-0.2, 0) is 0 Å². The number of carbonyl (C=O) groups excluding carboxylic acids is 1. The summed E-state index contributed by atoms with van der Waals surface area (Å²) < 4.78 is 5.59. The number of urea groups is 1. The zero-order chi connectivity index (χ0) is 16.7. The molecule has 5 nitrogen and oxygen atoms in total. The van der Waals surface area contributed by atoms with Crippen molar-refractivity contribution in [3.8, 4) is 5.75 Å². The molecule has 0 bridgehead atoms. The van der Waals surface area contributed by atoms with Crippen LogP contribution in [0.3, 0.4) is 0 Å². The fraction of sp³-hybridized carbons (Fsp3) is 0.611. The number of ether oxygens (including phenoxy) is 1. The van der Waals surface area contributed by atoms with Crippen molar-refractivity contribution >= 4 is 11.7 Å². The third-order valence-electron chi connectivity index (χ3n) is 3.95. The number of benzene rings is 1. The molecule has 1 saturated heterocycles. The summed E-state index contributed by atoms with van der Waals surface area (Å²) in [6, 6.07) is 7.31. The SMILES string of the molecule is CCCN1CCC(CNC(=O)Nc2ccc(OC(C)C)cc2)C1. The van der Waals surface area contributed by atoms with Crippen LogP contribution in [0, 0.1) is 5.92 Å². The highest BCUT2D eigenvalue weighted by molar-refractivity contribution is 5.89. The summed E-state index contributed by atoms with van der Waals surface area (Å²) in [5, 5.41) is 5.84. The van der Waals surface area contributed by atoms with Gasteiger partial charge in [-0.15, -0.1) is 0 Å². The fourth-order valence-corrected chi connectivity index (χ4v) is 2.90. The zero-order valence-corrected chi connectivity index (χ0v) is 14.5. The van der Waals surface area contributed by atoms with Crippen LogP contribution in [0.15, 0.2) is 24.3 Å². The molecular formula is C18H29N3O2. The number of rotatable bonds is 7. The van der Waals surface area contributed by atoms with E-state index in [1.165, 1.54) is 12.8 Å². The lowest BCUT2D eigenvalue weighted by molar-refractivity contribution is 0.242. The van der Waals surface area contributed by atoms with Crippen LogP contribution in [0.1, 0.15) is 33.6 Å². The average molecular weight is 319 g/mol. The van der Waals surface area contributed by atoms with Gasteiger partial charge in [-0.05, 0) is 70.0 Å². The molecule has 2 rings (SSSR count). The summed E-state index contributed by atoms with van der Waals surface area (Å²) in [4.78, 5) is 14.4. The summed E-state index contributed by atoms with van der Waals surface area (Å²) in [6.07, 6.45) is 2.51. The van der Waals surface area contributed by atoms with Crippen molar-refractivity contribution in [3.05, 3.63) is 24.3 Å². The van der Waals surface area contributed by atoms with Gasteiger partial charge in [0.25, 0.3) is 0 Å². The zero-order valence-electron chi connectivity index (χ0n) is 14.5. The van der Waals surface area contributed by atoms with Gasteiger partial charge in [-0.2, -0.15) is 0 Å². The summed E-state index contributed by atoms with van der Waals surface area (Å²) >= 11 is 0. The quantitative estimate of drug-likeness (QED) is 0.810. The predicted molar refractivity (Wildman–Crippen MR) is 94.1 cm³/mol. The maximum atomic E-state index is 12.0. The molecule has 5 heteroatoms. The Balaban J connectivity index is 1.70. The molecule has 2 amide bonds. The summed E-state index contributed by atoms with van der Waals surface area (Å²) in [5.74, 6) is 1.38. The topological polar surface area (TPSA) is 53.6 Å². The Kier molecular flexibility index (Phi) is 6.71. The van der Waals surface area contributed by atoms with E-state index in [4.69, 9.17) is 4.74 Å². The minimum absolute atomic E-state index is 0.142. The maximum absolute atomic E-state index is 12.0. The van der Waals surface area contributed by atoms with Gasteiger partial charge in [0.15, 0.2) is 0 Å². The van der Waals surface area contributed by atoms with Gasteiger partial charge < -0.3 is 20.3 Å². The molecule has 1 heterocycles. The van der Waals surface area contributed by atoms with E-state index < -0.39 is 0 Å². The van der Waals surface area contributed by atoms with Crippen molar-refractivity contribution in [3.63, 3.8) is 0 Å². The Labute approximate surface area is 139 Å². The van der Waals surface area contributed by atoms with E-state index in [2.05, 4.69) is 22.5 Å². The monoisotopic (exact) mass is 319 g/mol. The van der Waals surface area contributed by atoms with Crippen LogP contribution < -0.4 is 15.4 Å². The summed E-state index contributed by atoms with van der Waals surface area (Å²) in [5.41, 5.74) is 0.776. The highest BCUT2D eigenvalue weighted by Crippen LogP contribution is 2.17. The standard InChI is InChI=1S/C18H29N3O2/c1-4-10-21-11-9-15(13-21)12-19-18(22)20-16-5-7-17(8-6-16)23-14(2)3/h5-8,14-15H,4,9-13H2,1-3H3,(H2,19,20,22). The molecule has 0 spiro atoms. The first kappa shape index (κ1) is 17.6. The minimum Gasteiger partial charge on any atom is -0.491 e. The number of nitrogens with one attached hydrogen (secondary N) is 2. The Morgan fingerprint density at radius 1 is 1.35 bits per heavy atom. The second-order valence-electron chi connectivity index (χ2n) is 6.48. The molecule has 1 aliphatic heterocycles. The molecule has 23 heavy (non-hydrogen) atoms. The van der Waals surface area contributed by atoms with Gasteiger partial charge in [-0.25, -0.2) is 4.79 Å². The van der Waals surface area contributed by atoms with Gasteiger partial charge in [0.05, 0.1) is 6.10 Å². The van der Waals surface area contributed by atoms with Crippen LogP contribution >= 0.6 is 0 Å². The van der Waals surface area contributed by atoms with Crippen LogP contribution in [0.25, 0.3) is 0 Å². The van der Waals surface area contributed by atoms with Crippen LogP contribution in [0.4, 0.5) is 10.5 Å². The number of nitrogens with zero attached hydrogens (tertiary/aromatic N) is 1. The lowest BCUT2D eigenvalue weighted by Crippen LogP contribution is -2.34. The molecule has 1 aliphatic rings. The molecular weight excluding hydrogens is 290 g/mol. The van der Waals surface area contributed by atoms with E-state index in [0.29, 0.717) is 5.92 Å². The lowest BCUT2D eigenvalue weighted by Gasteiger charge is -2.15. The summed E-state index contributed by atoms with van der Waals surface area (Å²) in [6.45, 7) is 10.3. The van der Waals surface area contributed by atoms with Crippen molar-refractivity contribution in [1.82, 2.24) is 10.2 Å². The molecule has 0 aliphatic carbocycles. The third kappa shape index (κ3) is 6.10. The van der Waals surface area contributed by atoms with E-state index in [0.717, 1.165) is 37.6 Å². The van der Waals surface area contributed by atoms with Crippen LogP contribution in [0.2, 0.25) is 0 Å². The molecule has 1 fully saturated rings. The van der Waals surface area contributed by atoms with Gasteiger partial charge >= 0.3 is 6.03 Å². The molecule has 1 unspecified atom stereocenters. The van der Waals surface area contributed by atoms with E-state index in [1.54, 1.807) is 0 Å². The van der Waals surface area contributed by atoms with Gasteiger partial charge in [0.1, 0.15) is 5.75 Å². The first-order valence-corrected chi connectivity index (χ1v) is 8.60. The predicted octanol–water partition coefficient (Wildman–Crippen LogP) is 3.33. The minimum atomic E-state index is -0.142. The number of hydrogen-bond acceptors (Lipinski definition) is 3. The van der Waals surface area contributed by atoms with E-state index in [9.17, 15) is 4.79 Å². The highest BCUT2D eigenvalue weighted by Gasteiger charge is 2.21. The van der Waals surface area contributed by atoms with Gasteiger partial charge in [-0.3, -0.25) is 0 Å². The van der Waals surface area contributed by atoms with Crippen molar-refractivity contribution in [2.24, 2.45) is 5.92 Å². The highest BCUT2D eigenvalue weighted by atomic mass is 16.5. The number of amides is 2. The second-order valence-corrected chi connectivity index (χ2v) is 6.48. The smallest absolute Gasteiger partial charge is 0.319 e. The molecule has 0 radical (unpaired) electrons. The van der Waals surface area contributed by atoms with Crippen molar-refractivity contribution in [2.45, 2.75) is 39.7 Å². The number of likely N-dealkylation sites (tertiary alicyclic amines) is 1. The van der Waals surface area contributed by atoms with Crippen molar-refractivity contribution in [1.29, 1.82) is 0 Å². The molecule has 0 saturated carbocycles. The van der Waals surface area contributed by atoms with Crippen LogP contribution in [0.5, 0.6) is 5.75 Å². The molecule has 128 valence electrons. The van der Waals surface area contributed by atoms with Gasteiger partial charge in [-0.1, -0.05) is 6.92 Å². The van der Waals surface area contributed by atoms with Gasteiger partial charge in [0.2, 0.25) is 0 Å². The molecule has 1 atom stereocenters. The number of hydrogen-bond donors (Lipinski definition) is 2. The Morgan fingerprint density at radius 3 is 2.74 bits per heavy atom. The third-order valence-corrected chi connectivity index (χ3v) is 3.95. The Morgan fingerprint density at radius 2 is 2.09 bits per heavy atom. The largest absolute Gasteiger partial charge is 0.491 e. The molecule has 2 N–H and O–H groups in total. The lowest BCUT2D eigenvalue weighted by atomic mass is 10.1. The average Bonchev–Trinajstić information content (AvgIpc) is 2.95. The first-order chi connectivity index (χ1) is 11.1. The Bertz CT molecular complexity index is 488. The molecule has 1 aromatic carbocycles. The number of carbonyl (C=O) groups is 1. The van der Waals surface area contributed by atoms with Crippen molar-refractivity contribution < 1.29 is 9.53 Å². The van der Waals surface area contributed by atoms with Crippen molar-refractivity contribution in [2.75, 3.05) is 31.5 Å². The molecule has 0 aromatic heterocycles. The second kappa shape index (κ2) is 8.77. The van der Waals surface area contributed by atoms with Crippen LogP contribution in [-0.4, -0.2) is 43.2 Å². The number of anilines is 1. The van der Waals surface area contributed by atoms with E-state index in [-0.39, 0.29) is 12.1 Å². The van der Waals surface area contributed by atoms with Gasteiger partial charge in [0, 0.05) is 18.8 Å². The Hall–Kier alpha value is -1.75.